The Morgan fingerprint density at radius 1 is 0.923 bits per heavy atom. The molecule has 4 aromatic rings. The van der Waals surface area contributed by atoms with Crippen molar-refractivity contribution < 1.29 is 0 Å². The molecule has 2 aromatic heterocycles. The Morgan fingerprint density at radius 2 is 1.81 bits per heavy atom. The van der Waals surface area contributed by atoms with Gasteiger partial charge in [-0.25, -0.2) is 9.97 Å². The van der Waals surface area contributed by atoms with E-state index in [0.717, 1.165) is 45.7 Å². The lowest BCUT2D eigenvalue weighted by Gasteiger charge is -2.08. The number of halogens is 1. The highest BCUT2D eigenvalue weighted by atomic mass is 35.5. The number of nitrogens with one attached hydrogen (secondary N) is 1. The molecule has 0 saturated carbocycles. The number of fused-ring (bicyclic) bond motifs is 1. The van der Waals surface area contributed by atoms with Gasteiger partial charge in [0.2, 0.25) is 5.95 Å². The molecule has 0 fully saturated rings. The van der Waals surface area contributed by atoms with Gasteiger partial charge in [-0.2, -0.15) is 0 Å². The molecule has 0 amide bonds. The number of benzene rings is 2. The zero-order valence-corrected chi connectivity index (χ0v) is 14.8. The van der Waals surface area contributed by atoms with Crippen LogP contribution in [-0.4, -0.2) is 21.5 Å². The van der Waals surface area contributed by atoms with Crippen LogP contribution in [0.5, 0.6) is 0 Å². The highest BCUT2D eigenvalue weighted by Crippen LogP contribution is 2.29. The highest BCUT2D eigenvalue weighted by Gasteiger charge is 2.06. The predicted octanol–water partition coefficient (Wildman–Crippen LogP) is 5.00. The lowest BCUT2D eigenvalue weighted by atomic mass is 10.0. The van der Waals surface area contributed by atoms with Gasteiger partial charge < -0.3 is 5.32 Å². The lowest BCUT2D eigenvalue weighted by molar-refractivity contribution is 0.945. The first kappa shape index (κ1) is 16.5. The molecule has 0 aliphatic heterocycles. The molecule has 0 unspecified atom stereocenters. The van der Waals surface area contributed by atoms with E-state index in [0.29, 0.717) is 5.95 Å². The number of aromatic nitrogens is 3. The molecule has 0 bridgehead atoms. The number of pyridine rings is 1. The molecule has 128 valence electrons. The number of nitrogens with zero attached hydrogens (tertiary/aromatic N) is 3. The summed E-state index contributed by atoms with van der Waals surface area (Å²) in [6.45, 7) is 0.736. The summed E-state index contributed by atoms with van der Waals surface area (Å²) in [4.78, 5) is 13.3. The van der Waals surface area contributed by atoms with E-state index in [1.807, 2.05) is 60.8 Å². The molecule has 0 radical (unpaired) electrons. The fourth-order valence-electron chi connectivity index (χ4n) is 2.83. The molecule has 0 atom stereocenters. The summed E-state index contributed by atoms with van der Waals surface area (Å²) >= 11 is 6.30. The Morgan fingerprint density at radius 3 is 2.65 bits per heavy atom. The van der Waals surface area contributed by atoms with Gasteiger partial charge in [0, 0.05) is 47.0 Å². The van der Waals surface area contributed by atoms with Gasteiger partial charge in [0.1, 0.15) is 0 Å². The van der Waals surface area contributed by atoms with Gasteiger partial charge in [-0.1, -0.05) is 41.9 Å². The van der Waals surface area contributed by atoms with Gasteiger partial charge in [-0.3, -0.25) is 4.98 Å². The van der Waals surface area contributed by atoms with Crippen molar-refractivity contribution in [2.45, 2.75) is 6.42 Å². The topological polar surface area (TPSA) is 50.7 Å². The molecule has 0 spiro atoms. The molecule has 26 heavy (non-hydrogen) atoms. The van der Waals surface area contributed by atoms with Gasteiger partial charge in [-0.05, 0) is 35.9 Å². The summed E-state index contributed by atoms with van der Waals surface area (Å²) in [7, 11) is 0. The number of hydrogen-bond donors (Lipinski definition) is 1. The first-order valence-electron chi connectivity index (χ1n) is 8.45. The average molecular weight is 361 g/mol. The van der Waals surface area contributed by atoms with E-state index in [1.54, 1.807) is 6.20 Å². The zero-order valence-electron chi connectivity index (χ0n) is 14.1. The van der Waals surface area contributed by atoms with Gasteiger partial charge in [-0.15, -0.1) is 0 Å². The van der Waals surface area contributed by atoms with Crippen LogP contribution in [0.4, 0.5) is 5.95 Å². The fourth-order valence-corrected chi connectivity index (χ4v) is 3.07. The van der Waals surface area contributed by atoms with Crippen LogP contribution in [0.1, 0.15) is 5.69 Å². The molecule has 5 heteroatoms. The summed E-state index contributed by atoms with van der Waals surface area (Å²) < 4.78 is 0. The van der Waals surface area contributed by atoms with Crippen molar-refractivity contribution in [2.24, 2.45) is 0 Å². The minimum absolute atomic E-state index is 0.624. The van der Waals surface area contributed by atoms with Gasteiger partial charge >= 0.3 is 0 Å². The third kappa shape index (κ3) is 3.65. The average Bonchev–Trinajstić information content (AvgIpc) is 2.69. The molecular weight excluding hydrogens is 344 g/mol. The van der Waals surface area contributed by atoms with E-state index >= 15 is 0 Å². The smallest absolute Gasteiger partial charge is 0.223 e. The van der Waals surface area contributed by atoms with E-state index in [2.05, 4.69) is 26.3 Å². The summed E-state index contributed by atoms with van der Waals surface area (Å²) in [5, 5.41) is 4.98. The quantitative estimate of drug-likeness (QED) is 0.544. The first-order chi connectivity index (χ1) is 12.8. The zero-order chi connectivity index (χ0) is 17.8. The Balaban J connectivity index is 1.51. The molecule has 2 heterocycles. The Labute approximate surface area is 156 Å². The summed E-state index contributed by atoms with van der Waals surface area (Å²) in [5.74, 6) is 0.624. The standard InChI is InChI=1S/C21H17ClN4/c22-19-7-2-1-6-18(19)15-8-9-20-16(13-15)14-25-21(26-20)24-12-10-17-5-3-4-11-23-17/h1-9,11,13-14H,10,12H2,(H,24,25,26). The third-order valence-corrected chi connectivity index (χ3v) is 4.48. The highest BCUT2D eigenvalue weighted by molar-refractivity contribution is 6.33. The lowest BCUT2D eigenvalue weighted by Crippen LogP contribution is -2.08. The second kappa shape index (κ2) is 7.50. The maximum Gasteiger partial charge on any atom is 0.223 e. The molecule has 4 nitrogen and oxygen atoms in total. The van der Waals surface area contributed by atoms with Crippen LogP contribution in [0.3, 0.4) is 0 Å². The number of anilines is 1. The third-order valence-electron chi connectivity index (χ3n) is 4.16. The Kier molecular flexibility index (Phi) is 4.75. The normalized spacial score (nSPS) is 10.8. The number of hydrogen-bond acceptors (Lipinski definition) is 4. The fraction of sp³-hybridized carbons (Fsp3) is 0.0952. The maximum atomic E-state index is 6.30. The Hall–Kier alpha value is -2.98. The van der Waals surface area contributed by atoms with Gasteiger partial charge in [0.05, 0.1) is 5.52 Å². The van der Waals surface area contributed by atoms with Crippen molar-refractivity contribution in [3.05, 3.63) is 83.8 Å². The van der Waals surface area contributed by atoms with E-state index < -0.39 is 0 Å². The van der Waals surface area contributed by atoms with Crippen LogP contribution in [0.2, 0.25) is 5.02 Å². The van der Waals surface area contributed by atoms with Crippen molar-refractivity contribution in [3.63, 3.8) is 0 Å². The number of rotatable bonds is 5. The van der Waals surface area contributed by atoms with E-state index in [-0.39, 0.29) is 0 Å². The van der Waals surface area contributed by atoms with Crippen LogP contribution < -0.4 is 5.32 Å². The van der Waals surface area contributed by atoms with Crippen molar-refractivity contribution in [1.82, 2.24) is 15.0 Å². The molecule has 2 aromatic carbocycles. The molecule has 4 rings (SSSR count). The van der Waals surface area contributed by atoms with Crippen molar-refractivity contribution >= 4 is 28.5 Å². The molecular formula is C21H17ClN4. The van der Waals surface area contributed by atoms with Gasteiger partial charge in [0.25, 0.3) is 0 Å². The molecule has 0 saturated heterocycles. The predicted molar refractivity (Wildman–Crippen MR) is 106 cm³/mol. The second-order valence-electron chi connectivity index (χ2n) is 5.94. The van der Waals surface area contributed by atoms with Crippen molar-refractivity contribution in [3.8, 4) is 11.1 Å². The van der Waals surface area contributed by atoms with Crippen molar-refractivity contribution in [1.29, 1.82) is 0 Å². The molecule has 0 aliphatic carbocycles. The SMILES string of the molecule is Clc1ccccc1-c1ccc2nc(NCCc3ccccn3)ncc2c1. The summed E-state index contributed by atoms with van der Waals surface area (Å²) in [5.41, 5.74) is 4.01. The van der Waals surface area contributed by atoms with Gasteiger partial charge in [0.15, 0.2) is 0 Å². The second-order valence-corrected chi connectivity index (χ2v) is 6.35. The minimum atomic E-state index is 0.624. The van der Waals surface area contributed by atoms with Crippen LogP contribution in [0.15, 0.2) is 73.1 Å². The monoisotopic (exact) mass is 360 g/mol. The summed E-state index contributed by atoms with van der Waals surface area (Å²) in [6.07, 6.45) is 4.47. The largest absolute Gasteiger partial charge is 0.354 e. The van der Waals surface area contributed by atoms with Crippen LogP contribution in [-0.2, 0) is 6.42 Å². The Bertz CT molecular complexity index is 1030. The van der Waals surface area contributed by atoms with Crippen LogP contribution in [0, 0.1) is 0 Å². The minimum Gasteiger partial charge on any atom is -0.354 e. The molecule has 0 aliphatic rings. The van der Waals surface area contributed by atoms with E-state index in [9.17, 15) is 0 Å². The van der Waals surface area contributed by atoms with Crippen LogP contribution in [0.25, 0.3) is 22.0 Å². The summed E-state index contributed by atoms with van der Waals surface area (Å²) in [6, 6.07) is 19.8. The van der Waals surface area contributed by atoms with E-state index in [4.69, 9.17) is 11.6 Å². The van der Waals surface area contributed by atoms with Crippen molar-refractivity contribution in [2.75, 3.05) is 11.9 Å². The maximum absolute atomic E-state index is 6.30. The molecule has 1 N–H and O–H groups in total. The van der Waals surface area contributed by atoms with Crippen LogP contribution >= 0.6 is 11.6 Å². The first-order valence-corrected chi connectivity index (χ1v) is 8.83. The van der Waals surface area contributed by atoms with E-state index in [1.165, 1.54) is 0 Å².